The van der Waals surface area contributed by atoms with Gasteiger partial charge in [-0.15, -0.1) is 0 Å². The van der Waals surface area contributed by atoms with Crippen molar-refractivity contribution in [2.24, 2.45) is 0 Å². The van der Waals surface area contributed by atoms with E-state index in [2.05, 4.69) is 42.5 Å². The molecule has 4 rings (SSSR count). The number of hydrogen-bond donors (Lipinski definition) is 0. The molecule has 28 heavy (non-hydrogen) atoms. The van der Waals surface area contributed by atoms with Crippen LogP contribution in [-0.2, 0) is 0 Å². The van der Waals surface area contributed by atoms with Gasteiger partial charge in [-0.2, -0.15) is 5.26 Å². The second-order valence-corrected chi connectivity index (χ2v) is 7.06. The maximum atomic E-state index is 9.99. The zero-order valence-corrected chi connectivity index (χ0v) is 16.0. The SMILES string of the molecule is CC(C)Oc1ccc2ccccc2c1/C=C(/C#N)c1cccc2ccccc12. The fraction of sp³-hybridized carbons (Fsp3) is 0.115. The minimum absolute atomic E-state index is 0.0522. The number of nitrogens with zero attached hydrogens (tertiary/aromatic N) is 1. The highest BCUT2D eigenvalue weighted by atomic mass is 16.5. The summed E-state index contributed by atoms with van der Waals surface area (Å²) in [5, 5.41) is 14.4. The maximum Gasteiger partial charge on any atom is 0.127 e. The summed E-state index contributed by atoms with van der Waals surface area (Å²) in [5.74, 6) is 0.793. The first kappa shape index (κ1) is 17.8. The summed E-state index contributed by atoms with van der Waals surface area (Å²) in [7, 11) is 0. The van der Waals surface area contributed by atoms with E-state index in [1.807, 2.05) is 62.4 Å². The molecule has 0 aliphatic heterocycles. The molecule has 0 heterocycles. The number of benzene rings is 4. The van der Waals surface area contributed by atoms with Crippen LogP contribution in [0.1, 0.15) is 25.0 Å². The molecule has 0 N–H and O–H groups in total. The van der Waals surface area contributed by atoms with Crippen molar-refractivity contribution in [2.45, 2.75) is 20.0 Å². The molecule has 0 aliphatic carbocycles. The number of allylic oxidation sites excluding steroid dienone is 1. The molecule has 4 aromatic carbocycles. The summed E-state index contributed by atoms with van der Waals surface area (Å²) in [5.41, 5.74) is 2.50. The van der Waals surface area contributed by atoms with Gasteiger partial charge >= 0.3 is 0 Å². The van der Waals surface area contributed by atoms with Gasteiger partial charge in [0.15, 0.2) is 0 Å². The Kier molecular flexibility index (Phi) is 4.83. The van der Waals surface area contributed by atoms with Gasteiger partial charge in [0.05, 0.1) is 17.7 Å². The molecule has 136 valence electrons. The van der Waals surface area contributed by atoms with Crippen LogP contribution < -0.4 is 4.74 Å². The molecule has 0 saturated carbocycles. The molecular weight excluding hydrogens is 342 g/mol. The van der Waals surface area contributed by atoms with Crippen molar-refractivity contribution in [3.63, 3.8) is 0 Å². The maximum absolute atomic E-state index is 9.99. The van der Waals surface area contributed by atoms with E-state index in [4.69, 9.17) is 4.74 Å². The van der Waals surface area contributed by atoms with Crippen LogP contribution in [0.3, 0.4) is 0 Å². The first-order valence-corrected chi connectivity index (χ1v) is 9.45. The van der Waals surface area contributed by atoms with Crippen LogP contribution in [0.5, 0.6) is 5.75 Å². The molecular formula is C26H21NO. The Morgan fingerprint density at radius 3 is 2.18 bits per heavy atom. The zero-order chi connectivity index (χ0) is 19.5. The number of hydrogen-bond acceptors (Lipinski definition) is 2. The van der Waals surface area contributed by atoms with Gasteiger partial charge in [-0.05, 0) is 47.5 Å². The van der Waals surface area contributed by atoms with Gasteiger partial charge < -0.3 is 4.74 Å². The Balaban J connectivity index is 1.98. The Hall–Kier alpha value is -3.57. The van der Waals surface area contributed by atoms with Gasteiger partial charge in [-0.3, -0.25) is 0 Å². The monoisotopic (exact) mass is 363 g/mol. The summed E-state index contributed by atoms with van der Waals surface area (Å²) < 4.78 is 6.07. The number of fused-ring (bicyclic) bond motifs is 2. The van der Waals surface area contributed by atoms with Gasteiger partial charge in [0, 0.05) is 11.1 Å². The van der Waals surface area contributed by atoms with Crippen LogP contribution in [0.25, 0.3) is 33.2 Å². The molecule has 0 bridgehead atoms. The third kappa shape index (κ3) is 3.35. The third-order valence-corrected chi connectivity index (χ3v) is 4.78. The second-order valence-electron chi connectivity index (χ2n) is 7.06. The van der Waals surface area contributed by atoms with E-state index < -0.39 is 0 Å². The van der Waals surface area contributed by atoms with Crippen LogP contribution in [0.15, 0.2) is 78.9 Å². The van der Waals surface area contributed by atoms with E-state index in [0.717, 1.165) is 38.4 Å². The van der Waals surface area contributed by atoms with Crippen molar-refractivity contribution >= 4 is 33.2 Å². The van der Waals surface area contributed by atoms with E-state index in [1.54, 1.807) is 0 Å². The van der Waals surface area contributed by atoms with Crippen LogP contribution in [-0.4, -0.2) is 6.10 Å². The first-order valence-electron chi connectivity index (χ1n) is 9.45. The van der Waals surface area contributed by atoms with E-state index in [-0.39, 0.29) is 6.10 Å². The standard InChI is InChI=1S/C26H21NO/c1-18(2)28-26-15-14-20-9-4-6-12-23(20)25(26)16-21(17-27)24-13-7-10-19-8-3-5-11-22(19)24/h3-16,18H,1-2H3/b21-16-. The lowest BCUT2D eigenvalue weighted by Gasteiger charge is -2.15. The van der Waals surface area contributed by atoms with Crippen LogP contribution in [0, 0.1) is 11.3 Å². The molecule has 0 spiro atoms. The summed E-state index contributed by atoms with van der Waals surface area (Å²) in [6.45, 7) is 4.02. The molecule has 0 saturated heterocycles. The number of rotatable bonds is 4. The molecule has 0 unspecified atom stereocenters. The minimum Gasteiger partial charge on any atom is -0.490 e. The van der Waals surface area contributed by atoms with Gasteiger partial charge in [-0.1, -0.05) is 72.8 Å². The molecule has 0 radical (unpaired) electrons. The Bertz CT molecular complexity index is 1220. The molecule has 0 amide bonds. The lowest BCUT2D eigenvalue weighted by molar-refractivity contribution is 0.242. The molecule has 2 nitrogen and oxygen atoms in total. The fourth-order valence-corrected chi connectivity index (χ4v) is 3.56. The summed E-state index contributed by atoms with van der Waals surface area (Å²) in [6, 6.07) is 28.9. The van der Waals surface area contributed by atoms with Crippen molar-refractivity contribution < 1.29 is 4.74 Å². The van der Waals surface area contributed by atoms with Crippen molar-refractivity contribution in [1.29, 1.82) is 5.26 Å². The van der Waals surface area contributed by atoms with Crippen molar-refractivity contribution in [3.8, 4) is 11.8 Å². The third-order valence-electron chi connectivity index (χ3n) is 4.78. The predicted molar refractivity (Wildman–Crippen MR) is 117 cm³/mol. The van der Waals surface area contributed by atoms with Crippen LogP contribution in [0.2, 0.25) is 0 Å². The summed E-state index contributed by atoms with van der Waals surface area (Å²) in [6.07, 6.45) is 2.01. The van der Waals surface area contributed by atoms with Gasteiger partial charge in [-0.25, -0.2) is 0 Å². The Labute approximate surface area is 165 Å². The quantitative estimate of drug-likeness (QED) is 0.293. The first-order chi connectivity index (χ1) is 13.7. The highest BCUT2D eigenvalue weighted by molar-refractivity contribution is 6.05. The fourth-order valence-electron chi connectivity index (χ4n) is 3.56. The van der Waals surface area contributed by atoms with Gasteiger partial charge in [0.25, 0.3) is 0 Å². The van der Waals surface area contributed by atoms with Gasteiger partial charge in [0.2, 0.25) is 0 Å². The summed E-state index contributed by atoms with van der Waals surface area (Å²) in [4.78, 5) is 0. The predicted octanol–water partition coefficient (Wildman–Crippen LogP) is 6.84. The normalized spacial score (nSPS) is 11.7. The Morgan fingerprint density at radius 2 is 1.46 bits per heavy atom. The van der Waals surface area contributed by atoms with Gasteiger partial charge in [0.1, 0.15) is 5.75 Å². The average Bonchev–Trinajstić information content (AvgIpc) is 2.72. The van der Waals surface area contributed by atoms with E-state index >= 15 is 0 Å². The number of ether oxygens (including phenoxy) is 1. The lowest BCUT2D eigenvalue weighted by Crippen LogP contribution is -2.06. The highest BCUT2D eigenvalue weighted by Crippen LogP contribution is 2.34. The van der Waals surface area contributed by atoms with E-state index in [1.165, 1.54) is 0 Å². The zero-order valence-electron chi connectivity index (χ0n) is 16.0. The highest BCUT2D eigenvalue weighted by Gasteiger charge is 2.12. The molecule has 4 aromatic rings. The van der Waals surface area contributed by atoms with E-state index in [0.29, 0.717) is 5.57 Å². The molecule has 0 aromatic heterocycles. The lowest BCUT2D eigenvalue weighted by atomic mass is 9.95. The molecule has 0 fully saturated rings. The average molecular weight is 363 g/mol. The topological polar surface area (TPSA) is 33.0 Å². The minimum atomic E-state index is 0.0522. The molecule has 2 heteroatoms. The summed E-state index contributed by atoms with van der Waals surface area (Å²) >= 11 is 0. The smallest absolute Gasteiger partial charge is 0.127 e. The van der Waals surface area contributed by atoms with Crippen LogP contribution >= 0.6 is 0 Å². The van der Waals surface area contributed by atoms with Crippen molar-refractivity contribution in [3.05, 3.63) is 90.0 Å². The van der Waals surface area contributed by atoms with E-state index in [9.17, 15) is 5.26 Å². The molecule has 0 aliphatic rings. The van der Waals surface area contributed by atoms with Crippen molar-refractivity contribution in [1.82, 2.24) is 0 Å². The second kappa shape index (κ2) is 7.58. The Morgan fingerprint density at radius 1 is 0.821 bits per heavy atom. The number of nitriles is 1. The van der Waals surface area contributed by atoms with Crippen molar-refractivity contribution in [2.75, 3.05) is 0 Å². The molecule has 0 atom stereocenters. The van der Waals surface area contributed by atoms with Crippen LogP contribution in [0.4, 0.5) is 0 Å². The largest absolute Gasteiger partial charge is 0.490 e.